The number of nitrogens with zero attached hydrogens (tertiary/aromatic N) is 1. The van der Waals surface area contributed by atoms with Crippen molar-refractivity contribution in [3.05, 3.63) is 52.5 Å². The van der Waals surface area contributed by atoms with Crippen LogP contribution in [0.4, 0.5) is 0 Å². The third-order valence-corrected chi connectivity index (χ3v) is 3.25. The first kappa shape index (κ1) is 11.3. The van der Waals surface area contributed by atoms with Gasteiger partial charge in [-0.2, -0.15) is 11.3 Å². The standard InChI is InChI=1S/C13H15NOS/c15-13(5-4-11-6-8-16-10-11)9-12-3-1-2-7-14-12/h1-3,6-8,10,13,15H,4-5,9H2. The molecule has 0 aliphatic rings. The summed E-state index contributed by atoms with van der Waals surface area (Å²) in [5, 5.41) is 14.1. The molecule has 16 heavy (non-hydrogen) atoms. The van der Waals surface area contributed by atoms with E-state index in [1.54, 1.807) is 17.5 Å². The van der Waals surface area contributed by atoms with Crippen molar-refractivity contribution in [3.63, 3.8) is 0 Å². The van der Waals surface area contributed by atoms with Crippen LogP contribution in [0.5, 0.6) is 0 Å². The van der Waals surface area contributed by atoms with Crippen molar-refractivity contribution in [2.24, 2.45) is 0 Å². The van der Waals surface area contributed by atoms with Gasteiger partial charge in [0.1, 0.15) is 0 Å². The van der Waals surface area contributed by atoms with E-state index in [0.29, 0.717) is 6.42 Å². The van der Waals surface area contributed by atoms with Crippen molar-refractivity contribution >= 4 is 11.3 Å². The summed E-state index contributed by atoms with van der Waals surface area (Å²) in [6.07, 6.45) is 3.85. The molecule has 0 radical (unpaired) electrons. The molecular formula is C13H15NOS. The number of hydrogen-bond acceptors (Lipinski definition) is 3. The van der Waals surface area contributed by atoms with Gasteiger partial charge in [0, 0.05) is 18.3 Å². The van der Waals surface area contributed by atoms with Crippen LogP contribution < -0.4 is 0 Å². The number of pyridine rings is 1. The molecule has 0 amide bonds. The Morgan fingerprint density at radius 1 is 1.31 bits per heavy atom. The van der Waals surface area contributed by atoms with Gasteiger partial charge in [0.15, 0.2) is 0 Å². The lowest BCUT2D eigenvalue weighted by Crippen LogP contribution is -2.12. The smallest absolute Gasteiger partial charge is 0.0598 e. The van der Waals surface area contributed by atoms with Gasteiger partial charge in [-0.25, -0.2) is 0 Å². The highest BCUT2D eigenvalue weighted by molar-refractivity contribution is 7.07. The van der Waals surface area contributed by atoms with Crippen molar-refractivity contribution in [1.82, 2.24) is 4.98 Å². The molecule has 0 saturated heterocycles. The lowest BCUT2D eigenvalue weighted by atomic mass is 10.1. The molecule has 2 rings (SSSR count). The number of thiophene rings is 1. The molecule has 0 aliphatic carbocycles. The predicted octanol–water partition coefficient (Wildman–Crippen LogP) is 2.68. The Morgan fingerprint density at radius 3 is 2.94 bits per heavy atom. The van der Waals surface area contributed by atoms with E-state index in [1.807, 2.05) is 18.2 Å². The zero-order chi connectivity index (χ0) is 11.2. The summed E-state index contributed by atoms with van der Waals surface area (Å²) >= 11 is 1.70. The average molecular weight is 233 g/mol. The van der Waals surface area contributed by atoms with Gasteiger partial charge in [0.05, 0.1) is 6.10 Å². The molecule has 2 aromatic rings. The first-order valence-corrected chi connectivity index (χ1v) is 6.38. The Labute approximate surface area is 99.6 Å². The quantitative estimate of drug-likeness (QED) is 0.861. The maximum Gasteiger partial charge on any atom is 0.0598 e. The number of aromatic nitrogens is 1. The van der Waals surface area contributed by atoms with Gasteiger partial charge in [-0.3, -0.25) is 4.98 Å². The molecule has 0 spiro atoms. The summed E-state index contributed by atoms with van der Waals surface area (Å²) in [6.45, 7) is 0. The van der Waals surface area contributed by atoms with Gasteiger partial charge < -0.3 is 5.11 Å². The zero-order valence-corrected chi connectivity index (χ0v) is 9.86. The van der Waals surface area contributed by atoms with Crippen LogP contribution in [-0.2, 0) is 12.8 Å². The molecule has 3 heteroatoms. The van der Waals surface area contributed by atoms with E-state index in [4.69, 9.17) is 0 Å². The molecule has 2 aromatic heterocycles. The van der Waals surface area contributed by atoms with Crippen molar-refractivity contribution in [1.29, 1.82) is 0 Å². The minimum Gasteiger partial charge on any atom is -0.393 e. The SMILES string of the molecule is OC(CCc1ccsc1)Cc1ccccn1. The van der Waals surface area contributed by atoms with Crippen LogP contribution >= 0.6 is 11.3 Å². The maximum atomic E-state index is 9.86. The number of hydrogen-bond donors (Lipinski definition) is 1. The maximum absolute atomic E-state index is 9.86. The minimum atomic E-state index is -0.296. The second kappa shape index (κ2) is 5.77. The van der Waals surface area contributed by atoms with Crippen LogP contribution in [0.2, 0.25) is 0 Å². The van der Waals surface area contributed by atoms with Crippen molar-refractivity contribution < 1.29 is 5.11 Å². The first-order chi connectivity index (χ1) is 7.84. The lowest BCUT2D eigenvalue weighted by Gasteiger charge is -2.08. The van der Waals surface area contributed by atoms with Gasteiger partial charge in [0.25, 0.3) is 0 Å². The van der Waals surface area contributed by atoms with E-state index in [0.717, 1.165) is 18.5 Å². The van der Waals surface area contributed by atoms with Crippen molar-refractivity contribution in [3.8, 4) is 0 Å². The number of aryl methyl sites for hydroxylation is 1. The number of rotatable bonds is 5. The Bertz CT molecular complexity index is 399. The van der Waals surface area contributed by atoms with Crippen molar-refractivity contribution in [2.75, 3.05) is 0 Å². The lowest BCUT2D eigenvalue weighted by molar-refractivity contribution is 0.164. The van der Waals surface area contributed by atoms with E-state index in [9.17, 15) is 5.11 Å². The third kappa shape index (κ3) is 3.43. The molecule has 0 aromatic carbocycles. The molecule has 0 saturated carbocycles. The molecule has 1 atom stereocenters. The highest BCUT2D eigenvalue weighted by Crippen LogP contribution is 2.11. The van der Waals surface area contributed by atoms with E-state index in [1.165, 1.54) is 5.56 Å². The summed E-state index contributed by atoms with van der Waals surface area (Å²) in [5.41, 5.74) is 2.27. The normalized spacial score (nSPS) is 12.6. The van der Waals surface area contributed by atoms with Gasteiger partial charge in [-0.1, -0.05) is 6.07 Å². The Kier molecular flexibility index (Phi) is 4.08. The summed E-state index contributed by atoms with van der Waals surface area (Å²) < 4.78 is 0. The molecular weight excluding hydrogens is 218 g/mol. The average Bonchev–Trinajstić information content (AvgIpc) is 2.81. The molecule has 0 bridgehead atoms. The Morgan fingerprint density at radius 2 is 2.25 bits per heavy atom. The summed E-state index contributed by atoms with van der Waals surface area (Å²) in [6, 6.07) is 7.90. The van der Waals surface area contributed by atoms with Gasteiger partial charge in [0.2, 0.25) is 0 Å². The van der Waals surface area contributed by atoms with E-state index < -0.39 is 0 Å². The van der Waals surface area contributed by atoms with E-state index in [2.05, 4.69) is 21.8 Å². The molecule has 2 nitrogen and oxygen atoms in total. The Balaban J connectivity index is 1.78. The van der Waals surface area contributed by atoms with Gasteiger partial charge in [-0.05, 0) is 47.4 Å². The molecule has 84 valence electrons. The van der Waals surface area contributed by atoms with Gasteiger partial charge in [-0.15, -0.1) is 0 Å². The minimum absolute atomic E-state index is 0.296. The van der Waals surface area contributed by atoms with Crippen LogP contribution in [0.15, 0.2) is 41.2 Å². The highest BCUT2D eigenvalue weighted by Gasteiger charge is 2.06. The molecule has 0 aliphatic heterocycles. The fraction of sp³-hybridized carbons (Fsp3) is 0.308. The highest BCUT2D eigenvalue weighted by atomic mass is 32.1. The predicted molar refractivity (Wildman–Crippen MR) is 66.6 cm³/mol. The second-order valence-electron chi connectivity index (χ2n) is 3.85. The molecule has 0 fully saturated rings. The Hall–Kier alpha value is -1.19. The summed E-state index contributed by atoms with van der Waals surface area (Å²) in [4.78, 5) is 4.21. The largest absolute Gasteiger partial charge is 0.393 e. The summed E-state index contributed by atoms with van der Waals surface area (Å²) in [7, 11) is 0. The molecule has 1 N–H and O–H groups in total. The van der Waals surface area contributed by atoms with Crippen LogP contribution in [0.1, 0.15) is 17.7 Å². The number of aliphatic hydroxyl groups is 1. The van der Waals surface area contributed by atoms with E-state index in [-0.39, 0.29) is 6.10 Å². The van der Waals surface area contributed by atoms with Crippen LogP contribution in [0.25, 0.3) is 0 Å². The first-order valence-electron chi connectivity index (χ1n) is 5.43. The zero-order valence-electron chi connectivity index (χ0n) is 9.04. The third-order valence-electron chi connectivity index (χ3n) is 2.52. The van der Waals surface area contributed by atoms with E-state index >= 15 is 0 Å². The van der Waals surface area contributed by atoms with Crippen LogP contribution in [-0.4, -0.2) is 16.2 Å². The fourth-order valence-corrected chi connectivity index (χ4v) is 2.33. The molecule has 1 unspecified atom stereocenters. The van der Waals surface area contributed by atoms with Crippen molar-refractivity contribution in [2.45, 2.75) is 25.4 Å². The van der Waals surface area contributed by atoms with Crippen LogP contribution in [0, 0.1) is 0 Å². The second-order valence-corrected chi connectivity index (χ2v) is 4.63. The molecule has 2 heterocycles. The topological polar surface area (TPSA) is 33.1 Å². The van der Waals surface area contributed by atoms with Crippen LogP contribution in [0.3, 0.4) is 0 Å². The van der Waals surface area contributed by atoms with Gasteiger partial charge >= 0.3 is 0 Å². The number of aliphatic hydroxyl groups excluding tert-OH is 1. The monoisotopic (exact) mass is 233 g/mol. The fourth-order valence-electron chi connectivity index (χ4n) is 1.63. The summed E-state index contributed by atoms with van der Waals surface area (Å²) in [5.74, 6) is 0.